The first-order chi connectivity index (χ1) is 7.70. The van der Waals surface area contributed by atoms with Crippen molar-refractivity contribution in [1.29, 1.82) is 0 Å². The number of hydrogen-bond acceptors (Lipinski definition) is 1. The van der Waals surface area contributed by atoms with Crippen molar-refractivity contribution in [3.8, 4) is 0 Å². The van der Waals surface area contributed by atoms with Crippen LogP contribution in [-0.4, -0.2) is 16.8 Å². The van der Waals surface area contributed by atoms with Gasteiger partial charge in [-0.1, -0.05) is 11.8 Å². The van der Waals surface area contributed by atoms with Gasteiger partial charge >= 0.3 is 0 Å². The summed E-state index contributed by atoms with van der Waals surface area (Å²) >= 11 is 0. The molecule has 18 heavy (non-hydrogen) atoms. The number of allylic oxidation sites excluding steroid dienone is 2. The Hall–Kier alpha value is -0.741. The maximum absolute atomic E-state index is 13.9. The van der Waals surface area contributed by atoms with Crippen molar-refractivity contribution < 1.29 is 37.7 Å². The number of alkyl halides is 4. The van der Waals surface area contributed by atoms with E-state index in [1.54, 1.807) is 6.08 Å². The van der Waals surface area contributed by atoms with Crippen LogP contribution in [0.15, 0.2) is 24.4 Å². The van der Waals surface area contributed by atoms with Gasteiger partial charge in [-0.15, -0.1) is 11.6 Å². The van der Waals surface area contributed by atoms with Gasteiger partial charge in [0.25, 0.3) is 5.92 Å². The fourth-order valence-electron chi connectivity index (χ4n) is 1.64. The van der Waals surface area contributed by atoms with Crippen LogP contribution in [0.2, 0.25) is 0 Å². The Morgan fingerprint density at radius 3 is 2.11 bits per heavy atom. The molecule has 1 aliphatic rings. The van der Waals surface area contributed by atoms with Crippen molar-refractivity contribution in [2.24, 2.45) is 5.41 Å². The van der Waals surface area contributed by atoms with Crippen LogP contribution in [0.4, 0.5) is 17.6 Å². The number of halogens is 4. The van der Waals surface area contributed by atoms with E-state index in [9.17, 15) is 17.6 Å². The van der Waals surface area contributed by atoms with E-state index < -0.39 is 22.8 Å². The second-order valence-corrected chi connectivity index (χ2v) is 4.49. The van der Waals surface area contributed by atoms with Crippen LogP contribution in [0, 0.1) is 11.5 Å². The molecule has 6 heteroatoms. The molecule has 0 aliphatic heterocycles. The summed E-state index contributed by atoms with van der Waals surface area (Å²) in [5.74, 6) is -7.34. The molecule has 101 valence electrons. The molecule has 0 N–H and O–H groups in total. The van der Waals surface area contributed by atoms with E-state index in [0.29, 0.717) is 0 Å². The number of nitrogens with zero attached hydrogens (tertiary/aromatic N) is 1. The minimum absolute atomic E-state index is 0. The minimum atomic E-state index is -3.68. The van der Waals surface area contributed by atoms with Gasteiger partial charge in [-0.3, -0.25) is 0 Å². The number of rotatable bonds is 1. The molecule has 1 aromatic heterocycles. The molecule has 0 aromatic carbocycles. The first-order valence-corrected chi connectivity index (χ1v) is 5.03. The Morgan fingerprint density at radius 2 is 1.72 bits per heavy atom. The average molecular weight is 436 g/mol. The van der Waals surface area contributed by atoms with Gasteiger partial charge in [0.05, 0.1) is 5.41 Å². The fraction of sp³-hybridized carbons (Fsp3) is 0.417. The second-order valence-electron chi connectivity index (χ2n) is 4.49. The van der Waals surface area contributed by atoms with Gasteiger partial charge < -0.3 is 4.98 Å². The van der Waals surface area contributed by atoms with Crippen molar-refractivity contribution in [3.63, 3.8) is 0 Å². The van der Waals surface area contributed by atoms with Crippen molar-refractivity contribution in [1.82, 2.24) is 4.98 Å². The van der Waals surface area contributed by atoms with Crippen molar-refractivity contribution >= 4 is 5.57 Å². The standard InChI is InChI=1S/C12H10F4N.Ir/c1-10(2)11(13,14)7-8(12(10,15)16)9-5-3-4-6-17-9;/h3-6H,1-2H3;/q-1;. The quantitative estimate of drug-likeness (QED) is 0.485. The normalized spacial score (nSPS) is 23.1. The Kier molecular flexibility index (Phi) is 3.76. The van der Waals surface area contributed by atoms with Gasteiger partial charge in [-0.2, -0.15) is 6.08 Å². The van der Waals surface area contributed by atoms with Crippen molar-refractivity contribution in [3.05, 3.63) is 36.2 Å². The maximum Gasteiger partial charge on any atom is 0.252 e. The molecule has 0 saturated heterocycles. The summed E-state index contributed by atoms with van der Waals surface area (Å²) in [6.07, 6.45) is 2.88. The summed E-state index contributed by atoms with van der Waals surface area (Å²) < 4.78 is 54.9. The summed E-state index contributed by atoms with van der Waals surface area (Å²) in [6.45, 7) is 1.66. The summed E-state index contributed by atoms with van der Waals surface area (Å²) in [7, 11) is 0. The molecule has 1 radical (unpaired) electrons. The zero-order valence-corrected chi connectivity index (χ0v) is 12.0. The van der Waals surface area contributed by atoms with Crippen molar-refractivity contribution in [2.45, 2.75) is 25.7 Å². The molecule has 0 spiro atoms. The van der Waals surface area contributed by atoms with Crippen LogP contribution in [0.3, 0.4) is 0 Å². The van der Waals surface area contributed by atoms with E-state index >= 15 is 0 Å². The molecule has 0 atom stereocenters. The van der Waals surface area contributed by atoms with Crippen LogP contribution in [0.5, 0.6) is 0 Å². The monoisotopic (exact) mass is 437 g/mol. The first kappa shape index (κ1) is 15.3. The molecule has 0 amide bonds. The van der Waals surface area contributed by atoms with Gasteiger partial charge in [-0.25, -0.2) is 17.6 Å². The molecule has 0 saturated carbocycles. The Bertz CT molecular complexity index is 468. The smallest absolute Gasteiger partial charge is 0.252 e. The topological polar surface area (TPSA) is 12.9 Å². The SMILES string of the molecule is CC1(C)C(F)(F)[C-]=C(c2ccccn2)C1(F)F.[Ir]. The summed E-state index contributed by atoms with van der Waals surface area (Å²) in [5.41, 5.74) is -3.48. The van der Waals surface area contributed by atoms with Gasteiger partial charge in [0.1, 0.15) is 0 Å². The molecule has 0 bridgehead atoms. The van der Waals surface area contributed by atoms with Crippen LogP contribution < -0.4 is 0 Å². The Balaban J connectivity index is 0.00000162. The van der Waals surface area contributed by atoms with Crippen molar-refractivity contribution in [2.75, 3.05) is 0 Å². The first-order valence-electron chi connectivity index (χ1n) is 5.03. The number of aromatic nitrogens is 1. The third kappa shape index (κ3) is 1.91. The molecule has 1 heterocycles. The predicted molar refractivity (Wildman–Crippen MR) is 54.6 cm³/mol. The molecular weight excluding hydrogens is 426 g/mol. The van der Waals surface area contributed by atoms with Crippen LogP contribution in [0.25, 0.3) is 5.57 Å². The number of hydrogen-bond donors (Lipinski definition) is 0. The van der Waals surface area contributed by atoms with E-state index in [-0.39, 0.29) is 25.8 Å². The Labute approximate surface area is 116 Å². The van der Waals surface area contributed by atoms with E-state index in [0.717, 1.165) is 13.8 Å². The summed E-state index contributed by atoms with van der Waals surface area (Å²) in [4.78, 5) is 3.67. The van der Waals surface area contributed by atoms with Crippen LogP contribution >= 0.6 is 0 Å². The summed E-state index contributed by atoms with van der Waals surface area (Å²) in [6, 6.07) is 4.27. The third-order valence-electron chi connectivity index (χ3n) is 3.09. The predicted octanol–water partition coefficient (Wildman–Crippen LogP) is 3.58. The molecular formula is C12H10F4IrN-. The average Bonchev–Trinajstić information content (AvgIpc) is 2.37. The fourth-order valence-corrected chi connectivity index (χ4v) is 1.64. The van der Waals surface area contributed by atoms with Gasteiger partial charge in [0.15, 0.2) is 0 Å². The van der Waals surface area contributed by atoms with Crippen LogP contribution in [-0.2, 0) is 20.1 Å². The second kappa shape index (κ2) is 4.42. The molecule has 2 rings (SSSR count). The van der Waals surface area contributed by atoms with Gasteiger partial charge in [-0.05, 0) is 19.9 Å². The number of pyridine rings is 1. The zero-order valence-electron chi connectivity index (χ0n) is 9.60. The van der Waals surface area contributed by atoms with E-state index in [1.165, 1.54) is 24.4 Å². The summed E-state index contributed by atoms with van der Waals surface area (Å²) in [5, 5.41) is 0. The molecule has 1 aliphatic carbocycles. The maximum atomic E-state index is 13.9. The third-order valence-corrected chi connectivity index (χ3v) is 3.09. The molecule has 0 unspecified atom stereocenters. The van der Waals surface area contributed by atoms with E-state index in [1.807, 2.05) is 0 Å². The van der Waals surface area contributed by atoms with Crippen LogP contribution in [0.1, 0.15) is 19.5 Å². The van der Waals surface area contributed by atoms with Gasteiger partial charge in [0.2, 0.25) is 5.92 Å². The van der Waals surface area contributed by atoms with E-state index in [4.69, 9.17) is 0 Å². The zero-order chi connectivity index (χ0) is 12.9. The molecule has 0 fully saturated rings. The minimum Gasteiger partial charge on any atom is -0.351 e. The molecule has 1 aromatic rings. The Morgan fingerprint density at radius 1 is 1.11 bits per heavy atom. The van der Waals surface area contributed by atoms with Gasteiger partial charge in [0, 0.05) is 26.3 Å². The van der Waals surface area contributed by atoms with E-state index in [2.05, 4.69) is 4.98 Å². The molecule has 1 nitrogen and oxygen atoms in total. The largest absolute Gasteiger partial charge is 0.351 e.